The van der Waals surface area contributed by atoms with E-state index in [0.29, 0.717) is 0 Å². The average Bonchev–Trinajstić information content (AvgIpc) is 2.81. The fourth-order valence-electron chi connectivity index (χ4n) is 1.88. The summed E-state index contributed by atoms with van der Waals surface area (Å²) in [6.45, 7) is 0. The number of aromatic hydroxyl groups is 1. The number of imidazole rings is 1. The van der Waals surface area contributed by atoms with Gasteiger partial charge in [-0.1, -0.05) is 12.1 Å². The average molecular weight is 256 g/mol. The summed E-state index contributed by atoms with van der Waals surface area (Å²) in [5.41, 5.74) is 2.75. The summed E-state index contributed by atoms with van der Waals surface area (Å²) >= 11 is 1.72. The molecule has 0 aliphatic heterocycles. The second-order valence-corrected chi connectivity index (χ2v) is 4.90. The van der Waals surface area contributed by atoms with Crippen LogP contribution in [0.1, 0.15) is 0 Å². The van der Waals surface area contributed by atoms with Crippen molar-refractivity contribution in [2.75, 3.05) is 6.26 Å². The molecule has 0 spiro atoms. The summed E-state index contributed by atoms with van der Waals surface area (Å²) in [7, 11) is 0. The second-order valence-electron chi connectivity index (χ2n) is 4.02. The van der Waals surface area contributed by atoms with E-state index in [4.69, 9.17) is 0 Å². The predicted molar refractivity (Wildman–Crippen MR) is 75.0 cm³/mol. The van der Waals surface area contributed by atoms with Gasteiger partial charge in [-0.25, -0.2) is 4.98 Å². The van der Waals surface area contributed by atoms with Gasteiger partial charge in [-0.15, -0.1) is 11.8 Å². The molecule has 0 bridgehead atoms. The monoisotopic (exact) mass is 256 g/mol. The van der Waals surface area contributed by atoms with Gasteiger partial charge in [0.25, 0.3) is 0 Å². The van der Waals surface area contributed by atoms with Gasteiger partial charge in [0, 0.05) is 16.5 Å². The van der Waals surface area contributed by atoms with E-state index in [1.807, 2.05) is 12.1 Å². The molecule has 1 heterocycles. The molecule has 0 saturated heterocycles. The first-order valence-corrected chi connectivity index (χ1v) is 6.82. The number of fused-ring (bicyclic) bond motifs is 1. The van der Waals surface area contributed by atoms with Gasteiger partial charge >= 0.3 is 0 Å². The van der Waals surface area contributed by atoms with Gasteiger partial charge in [-0.05, 0) is 30.5 Å². The number of phenols is 1. The topological polar surface area (TPSA) is 48.9 Å². The number of nitrogens with one attached hydrogen (secondary N) is 1. The van der Waals surface area contributed by atoms with Crippen molar-refractivity contribution in [3.8, 4) is 17.1 Å². The summed E-state index contributed by atoms with van der Waals surface area (Å²) in [6, 6.07) is 13.4. The number of aromatic nitrogens is 2. The second kappa shape index (κ2) is 4.38. The number of nitrogens with zero attached hydrogens (tertiary/aromatic N) is 1. The van der Waals surface area contributed by atoms with Crippen LogP contribution in [0.2, 0.25) is 0 Å². The quantitative estimate of drug-likeness (QED) is 0.688. The first-order valence-electron chi connectivity index (χ1n) is 5.59. The van der Waals surface area contributed by atoms with Crippen LogP contribution in [-0.4, -0.2) is 21.3 Å². The number of rotatable bonds is 2. The van der Waals surface area contributed by atoms with Crippen molar-refractivity contribution in [2.45, 2.75) is 4.90 Å². The Hall–Kier alpha value is -1.94. The molecule has 18 heavy (non-hydrogen) atoms. The highest BCUT2D eigenvalue weighted by atomic mass is 32.2. The molecule has 3 rings (SSSR count). The largest absolute Gasteiger partial charge is 0.508 e. The van der Waals surface area contributed by atoms with E-state index in [9.17, 15) is 5.11 Å². The molecule has 3 aromatic rings. The summed E-state index contributed by atoms with van der Waals surface area (Å²) in [5.74, 6) is 1.07. The highest BCUT2D eigenvalue weighted by Gasteiger charge is 2.05. The van der Waals surface area contributed by atoms with Crippen molar-refractivity contribution in [3.63, 3.8) is 0 Å². The Bertz CT molecular complexity index is 689. The maximum atomic E-state index is 9.43. The fourth-order valence-corrected chi connectivity index (χ4v) is 2.29. The molecule has 0 aliphatic carbocycles. The van der Waals surface area contributed by atoms with E-state index in [2.05, 4.69) is 28.4 Å². The van der Waals surface area contributed by atoms with Crippen LogP contribution >= 0.6 is 11.8 Å². The van der Waals surface area contributed by atoms with E-state index in [1.165, 1.54) is 4.90 Å². The number of benzene rings is 2. The van der Waals surface area contributed by atoms with Crippen LogP contribution in [0, 0.1) is 0 Å². The highest BCUT2D eigenvalue weighted by molar-refractivity contribution is 7.98. The van der Waals surface area contributed by atoms with Gasteiger partial charge < -0.3 is 10.1 Å². The lowest BCUT2D eigenvalue weighted by Gasteiger charge is -1.98. The Labute approximate surface area is 109 Å². The number of hydrogen-bond acceptors (Lipinski definition) is 3. The van der Waals surface area contributed by atoms with Gasteiger partial charge in [0.05, 0.1) is 11.0 Å². The summed E-state index contributed by atoms with van der Waals surface area (Å²) in [4.78, 5) is 8.95. The van der Waals surface area contributed by atoms with E-state index >= 15 is 0 Å². The summed E-state index contributed by atoms with van der Waals surface area (Å²) < 4.78 is 0. The fraction of sp³-hybridized carbons (Fsp3) is 0.0714. The number of aromatic amines is 1. The van der Waals surface area contributed by atoms with Crippen molar-refractivity contribution in [1.29, 1.82) is 0 Å². The van der Waals surface area contributed by atoms with Crippen LogP contribution in [0.3, 0.4) is 0 Å². The van der Waals surface area contributed by atoms with Gasteiger partial charge in [0.1, 0.15) is 11.6 Å². The molecule has 3 nitrogen and oxygen atoms in total. The van der Waals surface area contributed by atoms with Crippen molar-refractivity contribution in [3.05, 3.63) is 42.5 Å². The van der Waals surface area contributed by atoms with E-state index in [-0.39, 0.29) is 5.75 Å². The zero-order valence-corrected chi connectivity index (χ0v) is 10.7. The normalized spacial score (nSPS) is 10.9. The Morgan fingerprint density at radius 1 is 1.11 bits per heavy atom. The van der Waals surface area contributed by atoms with Gasteiger partial charge in [-0.3, -0.25) is 0 Å². The van der Waals surface area contributed by atoms with Gasteiger partial charge in [0.15, 0.2) is 0 Å². The van der Waals surface area contributed by atoms with Crippen molar-refractivity contribution < 1.29 is 5.11 Å². The van der Waals surface area contributed by atoms with E-state index in [0.717, 1.165) is 22.4 Å². The molecular weight excluding hydrogens is 244 g/mol. The van der Waals surface area contributed by atoms with Gasteiger partial charge in [0.2, 0.25) is 0 Å². The maximum Gasteiger partial charge on any atom is 0.138 e. The molecule has 4 heteroatoms. The maximum absolute atomic E-state index is 9.43. The molecule has 2 N–H and O–H groups in total. The standard InChI is InChI=1S/C14H12N2OS/c1-18-11-5-2-9(3-6-11)14-15-12-7-4-10(17)8-13(12)16-14/h2-8,17H,1H3,(H,15,16). The molecule has 0 amide bonds. The molecule has 0 saturated carbocycles. The Morgan fingerprint density at radius 3 is 2.61 bits per heavy atom. The van der Waals surface area contributed by atoms with Crippen LogP contribution in [0.15, 0.2) is 47.4 Å². The molecule has 0 radical (unpaired) electrons. The lowest BCUT2D eigenvalue weighted by Crippen LogP contribution is -1.79. The SMILES string of the molecule is CSc1ccc(-c2nc3ccc(O)cc3[nH]2)cc1. The number of thioether (sulfide) groups is 1. The zero-order valence-electron chi connectivity index (χ0n) is 9.84. The van der Waals surface area contributed by atoms with Crippen molar-refractivity contribution in [2.24, 2.45) is 0 Å². The van der Waals surface area contributed by atoms with Crippen molar-refractivity contribution >= 4 is 22.8 Å². The summed E-state index contributed by atoms with van der Waals surface area (Å²) in [6.07, 6.45) is 2.05. The van der Waals surface area contributed by atoms with E-state index < -0.39 is 0 Å². The Balaban J connectivity index is 2.07. The first-order chi connectivity index (χ1) is 8.76. The molecule has 1 aromatic heterocycles. The summed E-state index contributed by atoms with van der Waals surface area (Å²) in [5, 5.41) is 9.43. The smallest absolute Gasteiger partial charge is 0.138 e. The van der Waals surface area contributed by atoms with Crippen LogP contribution in [0.5, 0.6) is 5.75 Å². The van der Waals surface area contributed by atoms with Crippen molar-refractivity contribution in [1.82, 2.24) is 9.97 Å². The van der Waals surface area contributed by atoms with Crippen LogP contribution < -0.4 is 0 Å². The van der Waals surface area contributed by atoms with Crippen LogP contribution in [0.4, 0.5) is 0 Å². The minimum Gasteiger partial charge on any atom is -0.508 e. The number of H-pyrrole nitrogens is 1. The third kappa shape index (κ3) is 1.95. The molecule has 0 aliphatic rings. The lowest BCUT2D eigenvalue weighted by atomic mass is 10.2. The predicted octanol–water partition coefficient (Wildman–Crippen LogP) is 3.66. The van der Waals surface area contributed by atoms with E-state index in [1.54, 1.807) is 30.0 Å². The zero-order chi connectivity index (χ0) is 12.5. The highest BCUT2D eigenvalue weighted by Crippen LogP contribution is 2.24. The van der Waals surface area contributed by atoms with Crippen LogP contribution in [0.25, 0.3) is 22.4 Å². The molecular formula is C14H12N2OS. The lowest BCUT2D eigenvalue weighted by molar-refractivity contribution is 0.476. The number of hydrogen-bond donors (Lipinski definition) is 2. The van der Waals surface area contributed by atoms with Crippen LogP contribution in [-0.2, 0) is 0 Å². The third-order valence-electron chi connectivity index (χ3n) is 2.83. The first kappa shape index (κ1) is 11.2. The molecule has 2 aromatic carbocycles. The minimum absolute atomic E-state index is 0.246. The molecule has 0 atom stereocenters. The Kier molecular flexibility index (Phi) is 2.72. The Morgan fingerprint density at radius 2 is 1.89 bits per heavy atom. The number of phenolic OH excluding ortho intramolecular Hbond substituents is 1. The molecule has 0 fully saturated rings. The van der Waals surface area contributed by atoms with Gasteiger partial charge in [-0.2, -0.15) is 0 Å². The molecule has 0 unspecified atom stereocenters. The molecule has 90 valence electrons. The minimum atomic E-state index is 0.246. The third-order valence-corrected chi connectivity index (χ3v) is 3.57.